The van der Waals surface area contributed by atoms with Crippen molar-refractivity contribution >= 4 is 44.5 Å². The molecule has 0 radical (unpaired) electrons. The zero-order valence-corrected chi connectivity index (χ0v) is 20.9. The maximum absolute atomic E-state index is 12.8. The molecule has 0 spiro atoms. The van der Waals surface area contributed by atoms with E-state index < -0.39 is 0 Å². The van der Waals surface area contributed by atoms with E-state index >= 15 is 0 Å². The van der Waals surface area contributed by atoms with E-state index in [4.69, 9.17) is 4.98 Å². The molecule has 3 aromatic heterocycles. The Bertz CT molecular complexity index is 1370. The number of nitrogens with one attached hydrogen (secondary N) is 2. The highest BCUT2D eigenvalue weighted by Gasteiger charge is 2.21. The lowest BCUT2D eigenvalue weighted by Gasteiger charge is -2.33. The first-order chi connectivity index (χ1) is 16.5. The summed E-state index contributed by atoms with van der Waals surface area (Å²) in [5.41, 5.74) is 4.01. The molecule has 1 amide bonds. The summed E-state index contributed by atoms with van der Waals surface area (Å²) in [5, 5.41) is 7.74. The Morgan fingerprint density at radius 2 is 1.91 bits per heavy atom. The first-order valence-electron chi connectivity index (χ1n) is 11.3. The minimum absolute atomic E-state index is 0.0103. The average molecular weight is 494 g/mol. The fourth-order valence-electron chi connectivity index (χ4n) is 4.35. The lowest BCUT2D eigenvalue weighted by atomic mass is 10.1. The molecule has 1 fully saturated rings. The van der Waals surface area contributed by atoms with Crippen LogP contribution in [0.1, 0.15) is 17.0 Å². The molecule has 0 atom stereocenters. The third kappa shape index (κ3) is 4.97. The zero-order chi connectivity index (χ0) is 23.7. The van der Waals surface area contributed by atoms with Gasteiger partial charge < -0.3 is 10.3 Å². The van der Waals surface area contributed by atoms with Crippen LogP contribution in [0.5, 0.6) is 0 Å². The van der Waals surface area contributed by atoms with Crippen LogP contribution in [0.4, 0.5) is 5.69 Å². The van der Waals surface area contributed by atoms with Crippen LogP contribution in [0.25, 0.3) is 20.7 Å². The van der Waals surface area contributed by atoms with Crippen molar-refractivity contribution in [3.63, 3.8) is 0 Å². The minimum Gasteiger partial charge on any atom is -0.325 e. The van der Waals surface area contributed by atoms with Gasteiger partial charge in [0, 0.05) is 47.7 Å². The molecular formula is C25H27N5O2S2. The van der Waals surface area contributed by atoms with Crippen LogP contribution in [-0.2, 0) is 11.3 Å². The van der Waals surface area contributed by atoms with Gasteiger partial charge in [0.05, 0.1) is 18.5 Å². The topological polar surface area (TPSA) is 81.3 Å². The van der Waals surface area contributed by atoms with E-state index in [1.165, 1.54) is 16.9 Å². The van der Waals surface area contributed by atoms with Crippen LogP contribution in [0.15, 0.2) is 45.9 Å². The van der Waals surface area contributed by atoms with Crippen LogP contribution in [0.2, 0.25) is 0 Å². The molecule has 5 rings (SSSR count). The number of nitrogens with zero attached hydrogens (tertiary/aromatic N) is 3. The molecule has 1 saturated heterocycles. The second-order valence-electron chi connectivity index (χ2n) is 8.74. The number of carbonyl (C=O) groups is 1. The molecule has 0 aliphatic carbocycles. The van der Waals surface area contributed by atoms with E-state index in [-0.39, 0.29) is 11.5 Å². The molecule has 2 N–H and O–H groups in total. The number of amides is 1. The molecule has 34 heavy (non-hydrogen) atoms. The van der Waals surface area contributed by atoms with Crippen molar-refractivity contribution < 1.29 is 4.79 Å². The predicted molar refractivity (Wildman–Crippen MR) is 140 cm³/mol. The maximum atomic E-state index is 12.8. The second kappa shape index (κ2) is 9.79. The van der Waals surface area contributed by atoms with Crippen LogP contribution in [0.3, 0.4) is 0 Å². The lowest BCUT2D eigenvalue weighted by molar-refractivity contribution is -0.117. The fourth-order valence-corrected chi connectivity index (χ4v) is 6.13. The molecule has 176 valence electrons. The number of thiophene rings is 2. The summed E-state index contributed by atoms with van der Waals surface area (Å²) in [6, 6.07) is 10.1. The van der Waals surface area contributed by atoms with Gasteiger partial charge in [-0.05, 0) is 36.9 Å². The standard InChI is InChI=1S/C25H27N5O2S2/c1-16-5-6-19(17(2)12-16)26-22(31)14-30-9-7-29(8-10-30)13-21-27-24(32)23-18(15-34-25(23)28-21)20-4-3-11-33-20/h3-6,11-12,15H,7-10,13-14H2,1-2H3,(H,26,31)(H,27,28,32). The van der Waals surface area contributed by atoms with E-state index in [9.17, 15) is 9.59 Å². The minimum atomic E-state index is -0.0774. The highest BCUT2D eigenvalue weighted by molar-refractivity contribution is 7.18. The Hall–Kier alpha value is -2.85. The predicted octanol–water partition coefficient (Wildman–Crippen LogP) is 4.09. The van der Waals surface area contributed by atoms with Gasteiger partial charge in [-0.2, -0.15) is 0 Å². The lowest BCUT2D eigenvalue weighted by Crippen LogP contribution is -2.48. The van der Waals surface area contributed by atoms with Gasteiger partial charge in [0.25, 0.3) is 5.56 Å². The Kier molecular flexibility index (Phi) is 6.60. The van der Waals surface area contributed by atoms with Crippen LogP contribution in [-0.4, -0.2) is 58.4 Å². The number of anilines is 1. The molecule has 1 aliphatic rings. The second-order valence-corrected chi connectivity index (χ2v) is 10.5. The molecule has 0 bridgehead atoms. The fraction of sp³-hybridized carbons (Fsp3) is 0.320. The van der Waals surface area contributed by atoms with Gasteiger partial charge in [0.1, 0.15) is 10.7 Å². The smallest absolute Gasteiger partial charge is 0.260 e. The van der Waals surface area contributed by atoms with Gasteiger partial charge in [-0.15, -0.1) is 22.7 Å². The normalized spacial score (nSPS) is 15.1. The van der Waals surface area contributed by atoms with Gasteiger partial charge >= 0.3 is 0 Å². The van der Waals surface area contributed by atoms with E-state index in [0.717, 1.165) is 52.7 Å². The van der Waals surface area contributed by atoms with E-state index in [2.05, 4.69) is 26.2 Å². The van der Waals surface area contributed by atoms with E-state index in [1.54, 1.807) is 11.3 Å². The maximum Gasteiger partial charge on any atom is 0.260 e. The summed E-state index contributed by atoms with van der Waals surface area (Å²) in [7, 11) is 0. The molecular weight excluding hydrogens is 466 g/mol. The zero-order valence-electron chi connectivity index (χ0n) is 19.3. The van der Waals surface area contributed by atoms with Gasteiger partial charge in [0.15, 0.2) is 0 Å². The van der Waals surface area contributed by atoms with Crippen molar-refractivity contribution in [2.24, 2.45) is 0 Å². The highest BCUT2D eigenvalue weighted by atomic mass is 32.1. The molecule has 1 aliphatic heterocycles. The first kappa shape index (κ1) is 22.9. The number of H-pyrrole nitrogens is 1. The van der Waals surface area contributed by atoms with Crippen LogP contribution in [0, 0.1) is 13.8 Å². The molecule has 4 heterocycles. The van der Waals surface area contributed by atoms with Gasteiger partial charge in [-0.1, -0.05) is 23.8 Å². The summed E-state index contributed by atoms with van der Waals surface area (Å²) < 4.78 is 0. The van der Waals surface area contributed by atoms with E-state index in [1.807, 2.05) is 48.9 Å². The van der Waals surface area contributed by atoms with Gasteiger partial charge in [-0.25, -0.2) is 4.98 Å². The average Bonchev–Trinajstić information content (AvgIpc) is 3.47. The Morgan fingerprint density at radius 1 is 1.12 bits per heavy atom. The number of hydrogen-bond donors (Lipinski definition) is 2. The molecule has 0 saturated carbocycles. The number of fused-ring (bicyclic) bond motifs is 1. The summed E-state index contributed by atoms with van der Waals surface area (Å²) in [4.78, 5) is 39.4. The molecule has 7 nitrogen and oxygen atoms in total. The van der Waals surface area contributed by atoms with Crippen molar-refractivity contribution in [3.05, 3.63) is 68.4 Å². The first-order valence-corrected chi connectivity index (χ1v) is 13.1. The number of aryl methyl sites for hydroxylation is 2. The van der Waals surface area contributed by atoms with Crippen molar-refractivity contribution in [2.75, 3.05) is 38.0 Å². The summed E-state index contributed by atoms with van der Waals surface area (Å²) >= 11 is 3.14. The van der Waals surface area contributed by atoms with Crippen molar-refractivity contribution in [1.29, 1.82) is 0 Å². The number of carbonyl (C=O) groups excluding carboxylic acids is 1. The van der Waals surface area contributed by atoms with E-state index in [0.29, 0.717) is 24.3 Å². The van der Waals surface area contributed by atoms with Crippen molar-refractivity contribution in [2.45, 2.75) is 20.4 Å². The number of benzene rings is 1. The number of rotatable bonds is 6. The number of aromatic amines is 1. The number of hydrogen-bond acceptors (Lipinski definition) is 7. The third-order valence-electron chi connectivity index (χ3n) is 6.14. The largest absolute Gasteiger partial charge is 0.325 e. The Labute approximate surface area is 206 Å². The molecule has 4 aromatic rings. The summed E-state index contributed by atoms with van der Waals surface area (Å²) in [5.74, 6) is 0.703. The number of aromatic nitrogens is 2. The Morgan fingerprint density at radius 3 is 2.65 bits per heavy atom. The quantitative estimate of drug-likeness (QED) is 0.423. The Balaban J connectivity index is 1.17. The monoisotopic (exact) mass is 493 g/mol. The molecule has 1 aromatic carbocycles. The molecule has 0 unspecified atom stereocenters. The van der Waals surface area contributed by atoms with Gasteiger partial charge in [0.2, 0.25) is 5.91 Å². The number of piperazine rings is 1. The van der Waals surface area contributed by atoms with Crippen LogP contribution >= 0.6 is 22.7 Å². The SMILES string of the molecule is Cc1ccc(NC(=O)CN2CCN(Cc3nc4scc(-c5cccs5)c4c(=O)[nH]3)CC2)c(C)c1. The van der Waals surface area contributed by atoms with Crippen molar-refractivity contribution in [1.82, 2.24) is 19.8 Å². The van der Waals surface area contributed by atoms with Gasteiger partial charge in [-0.3, -0.25) is 19.4 Å². The molecule has 9 heteroatoms. The van der Waals surface area contributed by atoms with Crippen molar-refractivity contribution in [3.8, 4) is 10.4 Å². The summed E-state index contributed by atoms with van der Waals surface area (Å²) in [6.07, 6.45) is 0. The third-order valence-corrected chi connectivity index (χ3v) is 7.92. The summed E-state index contributed by atoms with van der Waals surface area (Å²) in [6.45, 7) is 8.28. The van der Waals surface area contributed by atoms with Crippen LogP contribution < -0.4 is 10.9 Å². The highest BCUT2D eigenvalue weighted by Crippen LogP contribution is 2.33.